The maximum atomic E-state index is 11.7. The standard InChI is InChI=1S/C13H14ClN3O3/c1-19-6-5-15-12(18)13-17-16-11(20-13)8-9-3-2-4-10(14)7-9/h2-4,7H,5-6,8H2,1H3,(H,15,18). The van der Waals surface area contributed by atoms with Gasteiger partial charge in [0.1, 0.15) is 0 Å². The molecule has 6 nitrogen and oxygen atoms in total. The van der Waals surface area contributed by atoms with Crippen LogP contribution in [-0.4, -0.2) is 36.4 Å². The highest BCUT2D eigenvalue weighted by atomic mass is 35.5. The van der Waals surface area contributed by atoms with E-state index in [1.165, 1.54) is 0 Å². The number of hydrogen-bond donors (Lipinski definition) is 1. The van der Waals surface area contributed by atoms with E-state index in [1.807, 2.05) is 18.2 Å². The molecule has 0 saturated carbocycles. The van der Waals surface area contributed by atoms with Crippen molar-refractivity contribution in [2.24, 2.45) is 0 Å². The molecule has 1 heterocycles. The molecule has 20 heavy (non-hydrogen) atoms. The number of carbonyl (C=O) groups excluding carboxylic acids is 1. The number of aromatic nitrogens is 2. The fourth-order valence-electron chi connectivity index (χ4n) is 1.58. The Morgan fingerprint density at radius 3 is 3.05 bits per heavy atom. The summed E-state index contributed by atoms with van der Waals surface area (Å²) in [5, 5.41) is 10.8. The summed E-state index contributed by atoms with van der Waals surface area (Å²) < 4.78 is 10.1. The average Bonchev–Trinajstić information content (AvgIpc) is 2.87. The molecule has 2 rings (SSSR count). The summed E-state index contributed by atoms with van der Waals surface area (Å²) in [7, 11) is 1.56. The lowest BCUT2D eigenvalue weighted by Gasteiger charge is -2.00. The number of nitrogens with zero attached hydrogens (tertiary/aromatic N) is 2. The van der Waals surface area contributed by atoms with E-state index in [-0.39, 0.29) is 5.89 Å². The number of ether oxygens (including phenoxy) is 1. The molecule has 0 saturated heterocycles. The van der Waals surface area contributed by atoms with Crippen molar-refractivity contribution in [3.05, 3.63) is 46.6 Å². The van der Waals surface area contributed by atoms with E-state index in [2.05, 4.69) is 15.5 Å². The molecule has 0 atom stereocenters. The number of halogens is 1. The molecule has 0 aliphatic rings. The van der Waals surface area contributed by atoms with Gasteiger partial charge in [0.25, 0.3) is 0 Å². The number of benzene rings is 1. The van der Waals surface area contributed by atoms with Crippen LogP contribution in [0.3, 0.4) is 0 Å². The Morgan fingerprint density at radius 1 is 1.45 bits per heavy atom. The molecule has 1 aromatic carbocycles. The van der Waals surface area contributed by atoms with Crippen LogP contribution in [0, 0.1) is 0 Å². The van der Waals surface area contributed by atoms with E-state index in [9.17, 15) is 4.79 Å². The monoisotopic (exact) mass is 295 g/mol. The third-order valence-corrected chi connectivity index (χ3v) is 2.73. The van der Waals surface area contributed by atoms with Crippen molar-refractivity contribution in [2.75, 3.05) is 20.3 Å². The second kappa shape index (κ2) is 7.02. The maximum Gasteiger partial charge on any atom is 0.308 e. The molecule has 7 heteroatoms. The van der Waals surface area contributed by atoms with Crippen molar-refractivity contribution in [3.8, 4) is 0 Å². The summed E-state index contributed by atoms with van der Waals surface area (Å²) in [6.07, 6.45) is 0.429. The summed E-state index contributed by atoms with van der Waals surface area (Å²) in [5.74, 6) is -0.103. The minimum absolute atomic E-state index is 0.0573. The molecule has 0 radical (unpaired) electrons. The van der Waals surface area contributed by atoms with Gasteiger partial charge in [0.05, 0.1) is 13.0 Å². The van der Waals surface area contributed by atoms with Crippen LogP contribution in [0.5, 0.6) is 0 Å². The Balaban J connectivity index is 1.96. The number of hydrogen-bond acceptors (Lipinski definition) is 5. The largest absolute Gasteiger partial charge is 0.417 e. The van der Waals surface area contributed by atoms with Crippen molar-refractivity contribution in [1.29, 1.82) is 0 Å². The van der Waals surface area contributed by atoms with Crippen molar-refractivity contribution in [2.45, 2.75) is 6.42 Å². The van der Waals surface area contributed by atoms with Crippen molar-refractivity contribution in [1.82, 2.24) is 15.5 Å². The third kappa shape index (κ3) is 4.04. The molecule has 0 aliphatic heterocycles. The van der Waals surface area contributed by atoms with Gasteiger partial charge in [-0.05, 0) is 17.7 Å². The van der Waals surface area contributed by atoms with Gasteiger partial charge in [-0.25, -0.2) is 0 Å². The van der Waals surface area contributed by atoms with Crippen molar-refractivity contribution < 1.29 is 13.9 Å². The highest BCUT2D eigenvalue weighted by molar-refractivity contribution is 6.30. The fourth-order valence-corrected chi connectivity index (χ4v) is 1.79. The molecule has 2 aromatic rings. The molecule has 0 spiro atoms. The van der Waals surface area contributed by atoms with Crippen molar-refractivity contribution >= 4 is 17.5 Å². The molecular formula is C13H14ClN3O3. The lowest BCUT2D eigenvalue weighted by atomic mass is 10.1. The van der Waals surface area contributed by atoms with Crippen LogP contribution >= 0.6 is 11.6 Å². The smallest absolute Gasteiger partial charge is 0.308 e. The first-order chi connectivity index (χ1) is 9.69. The number of rotatable bonds is 6. The predicted octanol–water partition coefficient (Wildman–Crippen LogP) is 1.69. The Morgan fingerprint density at radius 2 is 2.30 bits per heavy atom. The van der Waals surface area contributed by atoms with Gasteiger partial charge in [-0.2, -0.15) is 0 Å². The zero-order valence-electron chi connectivity index (χ0n) is 10.9. The Kier molecular flexibility index (Phi) is 5.09. The van der Waals surface area contributed by atoms with Gasteiger partial charge in [0.2, 0.25) is 5.89 Å². The van der Waals surface area contributed by atoms with Gasteiger partial charge >= 0.3 is 11.8 Å². The maximum absolute atomic E-state index is 11.7. The molecule has 106 valence electrons. The second-order valence-corrected chi connectivity index (χ2v) is 4.49. The van der Waals surface area contributed by atoms with E-state index in [4.69, 9.17) is 20.8 Å². The number of carbonyl (C=O) groups is 1. The highest BCUT2D eigenvalue weighted by Crippen LogP contribution is 2.14. The zero-order valence-corrected chi connectivity index (χ0v) is 11.7. The summed E-state index contributed by atoms with van der Waals surface area (Å²) in [5.41, 5.74) is 0.937. The van der Waals surface area contributed by atoms with Crippen LogP contribution in [0.25, 0.3) is 0 Å². The first-order valence-electron chi connectivity index (χ1n) is 6.03. The number of nitrogens with one attached hydrogen (secondary N) is 1. The number of amides is 1. The molecule has 1 amide bonds. The van der Waals surface area contributed by atoms with Gasteiger partial charge in [-0.1, -0.05) is 23.7 Å². The molecule has 0 unspecified atom stereocenters. The van der Waals surface area contributed by atoms with Crippen LogP contribution in [0.15, 0.2) is 28.7 Å². The highest BCUT2D eigenvalue weighted by Gasteiger charge is 2.14. The summed E-state index contributed by atoms with van der Waals surface area (Å²) in [6.45, 7) is 0.816. The quantitative estimate of drug-likeness (QED) is 0.821. The topological polar surface area (TPSA) is 77.2 Å². The first kappa shape index (κ1) is 14.5. The molecular weight excluding hydrogens is 282 g/mol. The Labute approximate surface area is 121 Å². The summed E-state index contributed by atoms with van der Waals surface area (Å²) in [4.78, 5) is 11.7. The van der Waals surface area contributed by atoms with Crippen molar-refractivity contribution in [3.63, 3.8) is 0 Å². The minimum atomic E-state index is -0.410. The molecule has 1 N–H and O–H groups in total. The molecule has 0 fully saturated rings. The molecule has 0 aliphatic carbocycles. The normalized spacial score (nSPS) is 10.5. The summed E-state index contributed by atoms with van der Waals surface area (Å²) >= 11 is 5.90. The van der Waals surface area contributed by atoms with Crippen LogP contribution in [0.4, 0.5) is 0 Å². The van der Waals surface area contributed by atoms with E-state index in [0.29, 0.717) is 30.5 Å². The summed E-state index contributed by atoms with van der Waals surface area (Å²) in [6, 6.07) is 7.33. The van der Waals surface area contributed by atoms with E-state index in [0.717, 1.165) is 5.56 Å². The number of methoxy groups -OCH3 is 1. The Bertz CT molecular complexity index is 586. The molecule has 0 bridgehead atoms. The van der Waals surface area contributed by atoms with Gasteiger partial charge < -0.3 is 14.5 Å². The second-order valence-electron chi connectivity index (χ2n) is 4.06. The average molecular weight is 296 g/mol. The van der Waals surface area contributed by atoms with Crippen LogP contribution < -0.4 is 5.32 Å². The predicted molar refractivity (Wildman–Crippen MR) is 72.8 cm³/mol. The fraction of sp³-hybridized carbons (Fsp3) is 0.308. The van der Waals surface area contributed by atoms with E-state index >= 15 is 0 Å². The van der Waals surface area contributed by atoms with Crippen LogP contribution in [0.1, 0.15) is 22.1 Å². The lowest BCUT2D eigenvalue weighted by Crippen LogP contribution is -2.27. The van der Waals surface area contributed by atoms with Gasteiger partial charge in [-0.15, -0.1) is 10.2 Å². The van der Waals surface area contributed by atoms with Gasteiger partial charge in [0, 0.05) is 18.7 Å². The Hall–Kier alpha value is -1.92. The third-order valence-electron chi connectivity index (χ3n) is 2.50. The minimum Gasteiger partial charge on any atom is -0.417 e. The SMILES string of the molecule is COCCNC(=O)c1nnc(Cc2cccc(Cl)c2)o1. The van der Waals surface area contributed by atoms with Crippen LogP contribution in [-0.2, 0) is 11.2 Å². The van der Waals surface area contributed by atoms with Gasteiger partial charge in [0.15, 0.2) is 0 Å². The van der Waals surface area contributed by atoms with Gasteiger partial charge in [-0.3, -0.25) is 4.79 Å². The lowest BCUT2D eigenvalue weighted by molar-refractivity contribution is 0.0901. The van der Waals surface area contributed by atoms with E-state index < -0.39 is 5.91 Å². The zero-order chi connectivity index (χ0) is 14.4. The molecule has 1 aromatic heterocycles. The van der Waals surface area contributed by atoms with E-state index in [1.54, 1.807) is 13.2 Å². The van der Waals surface area contributed by atoms with Crippen LogP contribution in [0.2, 0.25) is 5.02 Å². The first-order valence-corrected chi connectivity index (χ1v) is 6.41.